The first-order chi connectivity index (χ1) is 17.8. The highest BCUT2D eigenvalue weighted by Crippen LogP contribution is 2.48. The van der Waals surface area contributed by atoms with Gasteiger partial charge in [0.05, 0.1) is 23.2 Å². The van der Waals surface area contributed by atoms with E-state index in [0.29, 0.717) is 18.4 Å². The Labute approximate surface area is 225 Å². The lowest BCUT2D eigenvalue weighted by Gasteiger charge is -2.35. The van der Waals surface area contributed by atoms with Gasteiger partial charge in [0, 0.05) is 24.1 Å². The molecule has 4 N–H and O–H groups in total. The van der Waals surface area contributed by atoms with Crippen LogP contribution in [0.2, 0.25) is 5.02 Å². The van der Waals surface area contributed by atoms with Crippen LogP contribution in [0.5, 0.6) is 0 Å². The molecule has 3 unspecified atom stereocenters. The fraction of sp³-hybridized carbons (Fsp3) is 0.462. The molecule has 38 heavy (non-hydrogen) atoms. The lowest BCUT2D eigenvalue weighted by atomic mass is 9.85. The highest BCUT2D eigenvalue weighted by molar-refractivity contribution is 6.34. The van der Waals surface area contributed by atoms with Gasteiger partial charge in [-0.15, -0.1) is 0 Å². The number of carbonyl (C=O) groups is 6. The molecule has 204 valence electrons. The molecular formula is C26H31ClN4O7. The molecule has 1 aromatic rings. The van der Waals surface area contributed by atoms with Crippen molar-refractivity contribution in [3.63, 3.8) is 0 Å². The average Bonchev–Trinajstić information content (AvgIpc) is 3.50. The predicted octanol–water partition coefficient (Wildman–Crippen LogP) is 2.11. The van der Waals surface area contributed by atoms with Gasteiger partial charge >= 0.3 is 5.97 Å². The number of benzene rings is 1. The van der Waals surface area contributed by atoms with Crippen molar-refractivity contribution < 1.29 is 33.9 Å². The second-order valence-corrected chi connectivity index (χ2v) is 10.8. The Kier molecular flexibility index (Phi) is 8.61. The van der Waals surface area contributed by atoms with Crippen LogP contribution in [0.4, 0.5) is 5.69 Å². The standard InChI is InChI=1S/C26H31ClN4O7/c1-5-19(33)29-18-7-6-13(9-17(18)27)23(36)30-22(26(2,3)4)25(38)31-11-14-8-16(14)21(31)24(37)28-15(12-32)10-20(34)35/h6-7,9,11-12,15-16,21-22H,5,8,10H2,1-4H3,(H,28,37)(H,29,33)(H,30,36)(H,34,35)/t15-,16?,21?,22?/m0/s1. The number of hydrogen-bond donors (Lipinski definition) is 4. The van der Waals surface area contributed by atoms with Crippen LogP contribution in [-0.2, 0) is 24.0 Å². The molecular weight excluding hydrogens is 516 g/mol. The SMILES string of the molecule is CCC(=O)Nc1ccc(C(=O)NC(C(=O)N2C=C3CC3C2C(=O)N[C@H](C=O)CC(=O)O)C(C)(C)C)cc1Cl. The summed E-state index contributed by atoms with van der Waals surface area (Å²) in [6.07, 6.45) is 2.22. The molecule has 0 spiro atoms. The topological polar surface area (TPSA) is 162 Å². The van der Waals surface area contributed by atoms with E-state index in [9.17, 15) is 28.8 Å². The van der Waals surface area contributed by atoms with Gasteiger partial charge in [-0.25, -0.2) is 0 Å². The van der Waals surface area contributed by atoms with E-state index in [1.165, 1.54) is 23.1 Å². The fourth-order valence-corrected chi connectivity index (χ4v) is 4.45. The first-order valence-electron chi connectivity index (χ1n) is 12.2. The van der Waals surface area contributed by atoms with Gasteiger partial charge in [0.15, 0.2) is 0 Å². The van der Waals surface area contributed by atoms with Crippen molar-refractivity contribution in [2.45, 2.75) is 65.1 Å². The van der Waals surface area contributed by atoms with Crippen LogP contribution in [0, 0.1) is 11.3 Å². The number of nitrogens with one attached hydrogen (secondary N) is 3. The van der Waals surface area contributed by atoms with E-state index in [4.69, 9.17) is 16.7 Å². The number of nitrogens with zero attached hydrogens (tertiary/aromatic N) is 1. The van der Waals surface area contributed by atoms with E-state index in [0.717, 1.165) is 5.57 Å². The van der Waals surface area contributed by atoms with Crippen LogP contribution < -0.4 is 16.0 Å². The van der Waals surface area contributed by atoms with Crippen LogP contribution in [0.1, 0.15) is 57.3 Å². The summed E-state index contributed by atoms with van der Waals surface area (Å²) < 4.78 is 0. The number of halogens is 1. The molecule has 0 radical (unpaired) electrons. The number of carbonyl (C=O) groups excluding carboxylic acids is 5. The van der Waals surface area contributed by atoms with Crippen molar-refractivity contribution in [3.05, 3.63) is 40.6 Å². The number of aliphatic carboxylic acids is 1. The molecule has 1 aromatic carbocycles. The summed E-state index contributed by atoms with van der Waals surface area (Å²) >= 11 is 6.24. The lowest BCUT2D eigenvalue weighted by molar-refractivity contribution is -0.142. The molecule has 1 aliphatic heterocycles. The molecule has 4 amide bonds. The molecule has 11 nitrogen and oxygen atoms in total. The largest absolute Gasteiger partial charge is 0.481 e. The third-order valence-electron chi connectivity index (χ3n) is 6.38. The van der Waals surface area contributed by atoms with E-state index in [1.54, 1.807) is 33.9 Å². The quantitative estimate of drug-likeness (QED) is 0.327. The van der Waals surface area contributed by atoms with Crippen molar-refractivity contribution in [1.29, 1.82) is 0 Å². The molecule has 12 heteroatoms. The predicted molar refractivity (Wildman–Crippen MR) is 138 cm³/mol. The van der Waals surface area contributed by atoms with Crippen molar-refractivity contribution in [2.75, 3.05) is 5.32 Å². The zero-order valence-electron chi connectivity index (χ0n) is 21.5. The van der Waals surface area contributed by atoms with Crippen LogP contribution >= 0.6 is 11.6 Å². The Hall–Kier alpha value is -3.73. The molecule has 1 saturated carbocycles. The van der Waals surface area contributed by atoms with Gasteiger partial charge in [-0.3, -0.25) is 24.0 Å². The number of carboxylic acid groups (broad SMARTS) is 1. The minimum Gasteiger partial charge on any atom is -0.481 e. The maximum absolute atomic E-state index is 13.7. The molecule has 0 aromatic heterocycles. The first kappa shape index (κ1) is 28.8. The number of aldehydes is 1. The number of carboxylic acids is 1. The van der Waals surface area contributed by atoms with Crippen molar-refractivity contribution in [2.24, 2.45) is 11.3 Å². The number of amides is 4. The second-order valence-electron chi connectivity index (χ2n) is 10.4. The number of rotatable bonds is 10. The van der Waals surface area contributed by atoms with Gasteiger partial charge in [-0.2, -0.15) is 0 Å². The normalized spacial score (nSPS) is 19.4. The molecule has 1 aliphatic carbocycles. The van der Waals surface area contributed by atoms with Crippen LogP contribution in [0.25, 0.3) is 0 Å². The third-order valence-corrected chi connectivity index (χ3v) is 6.69. The molecule has 3 rings (SSSR count). The van der Waals surface area contributed by atoms with Crippen LogP contribution in [-0.4, -0.2) is 64.0 Å². The highest BCUT2D eigenvalue weighted by atomic mass is 35.5. The first-order valence-corrected chi connectivity index (χ1v) is 12.5. The van der Waals surface area contributed by atoms with E-state index < -0.39 is 53.7 Å². The van der Waals surface area contributed by atoms with E-state index in [2.05, 4.69) is 16.0 Å². The molecule has 1 heterocycles. The van der Waals surface area contributed by atoms with Gasteiger partial charge in [0.25, 0.3) is 5.91 Å². The van der Waals surface area contributed by atoms with Gasteiger partial charge in [0.2, 0.25) is 17.7 Å². The van der Waals surface area contributed by atoms with Crippen molar-refractivity contribution >= 4 is 53.2 Å². The Morgan fingerprint density at radius 2 is 1.87 bits per heavy atom. The van der Waals surface area contributed by atoms with Crippen LogP contribution in [0.3, 0.4) is 0 Å². The average molecular weight is 547 g/mol. The van der Waals surface area contributed by atoms with Crippen LogP contribution in [0.15, 0.2) is 30.0 Å². The zero-order valence-corrected chi connectivity index (χ0v) is 22.3. The summed E-state index contributed by atoms with van der Waals surface area (Å²) in [5.41, 5.74) is 0.652. The minimum absolute atomic E-state index is 0.158. The molecule has 1 fully saturated rings. The summed E-state index contributed by atoms with van der Waals surface area (Å²) in [7, 11) is 0. The maximum atomic E-state index is 13.7. The number of fused-ring (bicyclic) bond motifs is 1. The number of anilines is 1. The Morgan fingerprint density at radius 1 is 1.18 bits per heavy atom. The maximum Gasteiger partial charge on any atom is 0.305 e. The van der Waals surface area contributed by atoms with Crippen molar-refractivity contribution in [1.82, 2.24) is 15.5 Å². The summed E-state index contributed by atoms with van der Waals surface area (Å²) in [5, 5.41) is 16.9. The Bertz CT molecular complexity index is 1210. The fourth-order valence-electron chi connectivity index (χ4n) is 4.22. The third kappa shape index (κ3) is 6.58. The summed E-state index contributed by atoms with van der Waals surface area (Å²) in [4.78, 5) is 75.0. The van der Waals surface area contributed by atoms with Crippen molar-refractivity contribution in [3.8, 4) is 0 Å². The minimum atomic E-state index is -1.25. The van der Waals surface area contributed by atoms with E-state index in [1.807, 2.05) is 0 Å². The highest BCUT2D eigenvalue weighted by Gasteiger charge is 2.53. The molecule has 4 atom stereocenters. The molecule has 2 aliphatic rings. The van der Waals surface area contributed by atoms with Gasteiger partial charge in [-0.05, 0) is 35.6 Å². The van der Waals surface area contributed by atoms with E-state index >= 15 is 0 Å². The summed E-state index contributed by atoms with van der Waals surface area (Å²) in [6, 6.07) is 1.13. The summed E-state index contributed by atoms with van der Waals surface area (Å²) in [6.45, 7) is 6.99. The second kappa shape index (κ2) is 11.3. The lowest BCUT2D eigenvalue weighted by Crippen LogP contribution is -2.58. The van der Waals surface area contributed by atoms with Gasteiger partial charge < -0.3 is 30.8 Å². The summed E-state index contributed by atoms with van der Waals surface area (Å²) in [5.74, 6) is -3.44. The van der Waals surface area contributed by atoms with Gasteiger partial charge in [-0.1, -0.05) is 39.3 Å². The zero-order chi connectivity index (χ0) is 28.4. The molecule has 0 bridgehead atoms. The number of hydrogen-bond acceptors (Lipinski definition) is 6. The monoisotopic (exact) mass is 546 g/mol. The van der Waals surface area contributed by atoms with E-state index in [-0.39, 0.29) is 28.8 Å². The smallest absolute Gasteiger partial charge is 0.305 e. The Morgan fingerprint density at radius 3 is 2.42 bits per heavy atom. The Balaban J connectivity index is 1.79. The molecule has 0 saturated heterocycles. The van der Waals surface area contributed by atoms with Gasteiger partial charge in [0.1, 0.15) is 18.4 Å².